The van der Waals surface area contributed by atoms with Crippen LogP contribution in [0.15, 0.2) is 36.4 Å². The molecule has 19 heavy (non-hydrogen) atoms. The number of carbonyl (C=O) groups is 2. The molecule has 0 bridgehead atoms. The van der Waals surface area contributed by atoms with E-state index in [0.717, 1.165) is 11.3 Å². The third-order valence-electron chi connectivity index (χ3n) is 2.57. The van der Waals surface area contributed by atoms with Crippen LogP contribution in [0.25, 0.3) is 0 Å². The van der Waals surface area contributed by atoms with Crippen LogP contribution in [0.1, 0.15) is 19.3 Å². The van der Waals surface area contributed by atoms with E-state index in [0.29, 0.717) is 10.6 Å². The molecule has 0 aliphatic rings. The van der Waals surface area contributed by atoms with Crippen LogP contribution in [-0.4, -0.2) is 29.1 Å². The zero-order chi connectivity index (χ0) is 14.0. The number of rotatable bonds is 3. The normalized spacial score (nSPS) is 10.2. The first-order valence-corrected chi connectivity index (χ1v) is 6.21. The Bertz CT molecular complexity index is 618. The van der Waals surface area contributed by atoms with Crippen molar-refractivity contribution >= 4 is 28.9 Å². The Balaban J connectivity index is 2.22. The summed E-state index contributed by atoms with van der Waals surface area (Å²) in [5.74, 6) is -1.21. The lowest BCUT2D eigenvalue weighted by molar-refractivity contribution is 0.0702. The van der Waals surface area contributed by atoms with Crippen LogP contribution in [0.3, 0.4) is 0 Å². The molecule has 0 saturated carbocycles. The predicted molar refractivity (Wildman–Crippen MR) is 72.1 cm³/mol. The molecular formula is C13H11NO4S. The second kappa shape index (κ2) is 5.11. The molecule has 0 atom stereocenters. The van der Waals surface area contributed by atoms with Gasteiger partial charge in [-0.25, -0.2) is 4.79 Å². The molecular weight excluding hydrogens is 266 g/mol. The van der Waals surface area contributed by atoms with E-state index in [1.807, 2.05) is 0 Å². The van der Waals surface area contributed by atoms with Gasteiger partial charge in [0, 0.05) is 12.7 Å². The third kappa shape index (κ3) is 2.74. The molecule has 1 aromatic heterocycles. The van der Waals surface area contributed by atoms with E-state index in [-0.39, 0.29) is 16.5 Å². The van der Waals surface area contributed by atoms with Crippen LogP contribution in [0.5, 0.6) is 5.75 Å². The molecule has 0 aliphatic carbocycles. The summed E-state index contributed by atoms with van der Waals surface area (Å²) in [6.07, 6.45) is 0. The fourth-order valence-corrected chi connectivity index (χ4v) is 2.35. The molecule has 5 nitrogen and oxygen atoms in total. The predicted octanol–water partition coefficient (Wildman–Crippen LogP) is 2.43. The summed E-state index contributed by atoms with van der Waals surface area (Å²) in [5, 5.41) is 18.0. The molecule has 1 amide bonds. The first kappa shape index (κ1) is 13.1. The smallest absolute Gasteiger partial charge is 0.345 e. The minimum Gasteiger partial charge on any atom is -0.508 e. The maximum atomic E-state index is 12.1. The average molecular weight is 277 g/mol. The standard InChI is InChI=1S/C13H11NO4S/c1-14(8-2-4-9(15)5-3-8)12(16)10-6-7-11(19-10)13(17)18/h2-7,15H,1H3,(H,17,18). The number of aromatic hydroxyl groups is 1. The van der Waals surface area contributed by atoms with E-state index in [2.05, 4.69) is 0 Å². The minimum absolute atomic E-state index is 0.119. The molecule has 1 aromatic carbocycles. The molecule has 0 unspecified atom stereocenters. The highest BCUT2D eigenvalue weighted by molar-refractivity contribution is 7.16. The van der Waals surface area contributed by atoms with Gasteiger partial charge >= 0.3 is 5.97 Å². The summed E-state index contributed by atoms with van der Waals surface area (Å²) in [4.78, 5) is 24.8. The maximum Gasteiger partial charge on any atom is 0.345 e. The van der Waals surface area contributed by atoms with Gasteiger partial charge in [-0.2, -0.15) is 0 Å². The van der Waals surface area contributed by atoms with Gasteiger partial charge in [-0.15, -0.1) is 11.3 Å². The number of aromatic carboxylic acids is 1. The van der Waals surface area contributed by atoms with E-state index in [4.69, 9.17) is 5.11 Å². The van der Waals surface area contributed by atoms with Crippen molar-refractivity contribution in [2.75, 3.05) is 11.9 Å². The van der Waals surface area contributed by atoms with Gasteiger partial charge in [0.1, 0.15) is 10.6 Å². The summed E-state index contributed by atoms with van der Waals surface area (Å²) in [6, 6.07) is 9.09. The number of phenols is 1. The second-order valence-electron chi connectivity index (χ2n) is 3.85. The molecule has 6 heteroatoms. The lowest BCUT2D eigenvalue weighted by Gasteiger charge is -2.16. The minimum atomic E-state index is -1.05. The van der Waals surface area contributed by atoms with Crippen LogP contribution < -0.4 is 4.90 Å². The molecule has 1 heterocycles. The number of thiophene rings is 1. The summed E-state index contributed by atoms with van der Waals surface area (Å²) < 4.78 is 0. The number of amides is 1. The maximum absolute atomic E-state index is 12.1. The highest BCUT2D eigenvalue weighted by Crippen LogP contribution is 2.22. The summed E-state index contributed by atoms with van der Waals surface area (Å²) >= 11 is 0.935. The monoisotopic (exact) mass is 277 g/mol. The average Bonchev–Trinajstić information content (AvgIpc) is 2.87. The van der Waals surface area contributed by atoms with E-state index >= 15 is 0 Å². The Morgan fingerprint density at radius 2 is 1.63 bits per heavy atom. The van der Waals surface area contributed by atoms with Gasteiger partial charge in [0.2, 0.25) is 0 Å². The number of carboxylic acids is 1. The van der Waals surface area contributed by atoms with Gasteiger partial charge in [-0.1, -0.05) is 0 Å². The van der Waals surface area contributed by atoms with E-state index in [1.165, 1.54) is 29.2 Å². The van der Waals surface area contributed by atoms with Gasteiger partial charge in [-0.3, -0.25) is 4.79 Å². The second-order valence-corrected chi connectivity index (χ2v) is 4.93. The number of carbonyl (C=O) groups excluding carboxylic acids is 1. The Morgan fingerprint density at radius 1 is 1.05 bits per heavy atom. The lowest BCUT2D eigenvalue weighted by Crippen LogP contribution is -2.25. The van der Waals surface area contributed by atoms with Crippen molar-refractivity contribution in [3.8, 4) is 5.75 Å². The quantitative estimate of drug-likeness (QED) is 0.903. The van der Waals surface area contributed by atoms with Crippen molar-refractivity contribution in [3.05, 3.63) is 46.2 Å². The highest BCUT2D eigenvalue weighted by Gasteiger charge is 2.17. The SMILES string of the molecule is CN(C(=O)c1ccc(C(=O)O)s1)c1ccc(O)cc1. The van der Waals surface area contributed by atoms with Gasteiger partial charge in [0.25, 0.3) is 5.91 Å². The fraction of sp³-hybridized carbons (Fsp3) is 0.0769. The van der Waals surface area contributed by atoms with Crippen LogP contribution in [-0.2, 0) is 0 Å². The molecule has 0 aliphatic heterocycles. The van der Waals surface area contributed by atoms with Crippen LogP contribution >= 0.6 is 11.3 Å². The number of anilines is 1. The van der Waals surface area contributed by atoms with Crippen molar-refractivity contribution in [2.45, 2.75) is 0 Å². The molecule has 2 rings (SSSR count). The van der Waals surface area contributed by atoms with E-state index < -0.39 is 5.97 Å². The highest BCUT2D eigenvalue weighted by atomic mass is 32.1. The fourth-order valence-electron chi connectivity index (χ4n) is 1.53. The molecule has 98 valence electrons. The van der Waals surface area contributed by atoms with Gasteiger partial charge in [0.05, 0.1) is 4.88 Å². The number of benzene rings is 1. The Morgan fingerprint density at radius 3 is 2.16 bits per heavy atom. The number of carboxylic acid groups (broad SMARTS) is 1. The van der Waals surface area contributed by atoms with Crippen LogP contribution in [0.2, 0.25) is 0 Å². The lowest BCUT2D eigenvalue weighted by atomic mass is 10.2. The van der Waals surface area contributed by atoms with Crippen molar-refractivity contribution in [1.29, 1.82) is 0 Å². The molecule has 0 fully saturated rings. The van der Waals surface area contributed by atoms with Crippen LogP contribution in [0, 0.1) is 0 Å². The topological polar surface area (TPSA) is 77.8 Å². The Kier molecular flexibility index (Phi) is 3.52. The molecule has 0 radical (unpaired) electrons. The summed E-state index contributed by atoms with van der Waals surface area (Å²) in [5.41, 5.74) is 0.619. The molecule has 0 saturated heterocycles. The molecule has 2 N–H and O–H groups in total. The van der Waals surface area contributed by atoms with Gasteiger partial charge < -0.3 is 15.1 Å². The Hall–Kier alpha value is -2.34. The number of hydrogen-bond acceptors (Lipinski definition) is 4. The van der Waals surface area contributed by atoms with E-state index in [1.54, 1.807) is 19.2 Å². The zero-order valence-electron chi connectivity index (χ0n) is 10.0. The van der Waals surface area contributed by atoms with E-state index in [9.17, 15) is 14.7 Å². The van der Waals surface area contributed by atoms with Crippen molar-refractivity contribution < 1.29 is 19.8 Å². The van der Waals surface area contributed by atoms with Crippen molar-refractivity contribution in [1.82, 2.24) is 0 Å². The van der Waals surface area contributed by atoms with Crippen molar-refractivity contribution in [2.24, 2.45) is 0 Å². The largest absolute Gasteiger partial charge is 0.508 e. The number of hydrogen-bond donors (Lipinski definition) is 2. The molecule has 0 spiro atoms. The summed E-state index contributed by atoms with van der Waals surface area (Å²) in [7, 11) is 1.59. The van der Waals surface area contributed by atoms with Gasteiger partial charge in [0.15, 0.2) is 0 Å². The number of phenolic OH excluding ortho intramolecular Hbond substituents is 1. The van der Waals surface area contributed by atoms with Crippen LogP contribution in [0.4, 0.5) is 5.69 Å². The van der Waals surface area contributed by atoms with Gasteiger partial charge in [-0.05, 0) is 36.4 Å². The zero-order valence-corrected chi connectivity index (χ0v) is 10.8. The first-order chi connectivity index (χ1) is 8.99. The third-order valence-corrected chi connectivity index (χ3v) is 3.63. The Labute approximate surface area is 113 Å². The molecule has 2 aromatic rings. The number of nitrogens with zero attached hydrogens (tertiary/aromatic N) is 1. The summed E-state index contributed by atoms with van der Waals surface area (Å²) in [6.45, 7) is 0. The van der Waals surface area contributed by atoms with Crippen molar-refractivity contribution in [3.63, 3.8) is 0 Å². The first-order valence-electron chi connectivity index (χ1n) is 5.39.